The number of carbonyl (C=O) groups excluding carboxylic acids is 1. The van der Waals surface area contributed by atoms with Crippen molar-refractivity contribution in [2.45, 2.75) is 13.0 Å². The van der Waals surface area contributed by atoms with Crippen molar-refractivity contribution in [1.29, 1.82) is 0 Å². The van der Waals surface area contributed by atoms with Gasteiger partial charge in [-0.1, -0.05) is 0 Å². The molecule has 0 saturated heterocycles. The topological polar surface area (TPSA) is 55.1 Å². The maximum Gasteiger partial charge on any atom is 0.312 e. The quantitative estimate of drug-likeness (QED) is 0.609. The molecule has 0 aliphatic carbocycles. The van der Waals surface area contributed by atoms with E-state index in [1.54, 1.807) is 11.8 Å². The Kier molecular flexibility index (Phi) is 4.30. The maximum atomic E-state index is 10.2. The Hall–Kier alpha value is -0.380. The molecule has 3 nitrogen and oxygen atoms in total. The van der Waals surface area contributed by atoms with E-state index in [-0.39, 0.29) is 6.04 Å². The van der Waals surface area contributed by atoms with Crippen LogP contribution in [0.4, 0.5) is 4.79 Å². The van der Waals surface area contributed by atoms with E-state index in [2.05, 4.69) is 5.32 Å². The summed E-state index contributed by atoms with van der Waals surface area (Å²) < 4.78 is 0. The predicted octanol–water partition coefficient (Wildman–Crippen LogP) is 0.406. The number of primary amides is 1. The minimum absolute atomic E-state index is 0.178. The van der Waals surface area contributed by atoms with Gasteiger partial charge in [0.1, 0.15) is 0 Å². The first-order valence-electron chi connectivity index (χ1n) is 2.71. The molecular formula is C5H12N2OS. The van der Waals surface area contributed by atoms with Gasteiger partial charge >= 0.3 is 6.03 Å². The van der Waals surface area contributed by atoms with Crippen LogP contribution >= 0.6 is 11.8 Å². The molecule has 9 heavy (non-hydrogen) atoms. The van der Waals surface area contributed by atoms with Crippen LogP contribution in [0.2, 0.25) is 0 Å². The first-order chi connectivity index (χ1) is 4.16. The molecule has 0 aliphatic rings. The second-order valence-corrected chi connectivity index (χ2v) is 2.78. The molecule has 1 atom stereocenters. The van der Waals surface area contributed by atoms with Crippen molar-refractivity contribution in [3.63, 3.8) is 0 Å². The number of carbonyl (C=O) groups is 1. The first kappa shape index (κ1) is 8.62. The van der Waals surface area contributed by atoms with E-state index in [4.69, 9.17) is 5.73 Å². The van der Waals surface area contributed by atoms with Crippen LogP contribution in [0.3, 0.4) is 0 Å². The second kappa shape index (κ2) is 4.49. The van der Waals surface area contributed by atoms with E-state index < -0.39 is 6.03 Å². The van der Waals surface area contributed by atoms with Crippen LogP contribution < -0.4 is 11.1 Å². The molecule has 0 unspecified atom stereocenters. The van der Waals surface area contributed by atoms with Gasteiger partial charge in [0.2, 0.25) is 0 Å². The van der Waals surface area contributed by atoms with E-state index in [9.17, 15) is 4.79 Å². The van der Waals surface area contributed by atoms with Gasteiger partial charge in [-0.05, 0) is 13.2 Å². The van der Waals surface area contributed by atoms with Gasteiger partial charge in [0, 0.05) is 11.8 Å². The molecule has 0 saturated carbocycles. The fourth-order valence-corrected chi connectivity index (χ4v) is 1.12. The van der Waals surface area contributed by atoms with Crippen LogP contribution in [0.1, 0.15) is 6.92 Å². The van der Waals surface area contributed by atoms with E-state index >= 15 is 0 Å². The van der Waals surface area contributed by atoms with Gasteiger partial charge in [-0.3, -0.25) is 0 Å². The number of nitrogens with one attached hydrogen (secondary N) is 1. The molecule has 3 N–H and O–H groups in total. The molecule has 2 amide bonds. The van der Waals surface area contributed by atoms with E-state index in [1.165, 1.54) is 0 Å². The molecule has 0 aromatic rings. The van der Waals surface area contributed by atoms with Crippen molar-refractivity contribution in [2.24, 2.45) is 5.73 Å². The van der Waals surface area contributed by atoms with Crippen LogP contribution in [-0.4, -0.2) is 24.1 Å². The van der Waals surface area contributed by atoms with Crippen molar-refractivity contribution < 1.29 is 4.79 Å². The monoisotopic (exact) mass is 148 g/mol. The summed E-state index contributed by atoms with van der Waals surface area (Å²) in [5.74, 6) is 0.906. The van der Waals surface area contributed by atoms with Crippen LogP contribution in [0.15, 0.2) is 0 Å². The molecule has 0 rings (SSSR count). The lowest BCUT2D eigenvalue weighted by Crippen LogP contribution is -2.38. The Morgan fingerprint density at radius 2 is 2.44 bits per heavy atom. The fourth-order valence-electron chi connectivity index (χ4n) is 0.535. The van der Waals surface area contributed by atoms with Crippen LogP contribution in [0.5, 0.6) is 0 Å². The molecule has 0 aromatic heterocycles. The SMILES string of the molecule is CSC[C@H](C)NC(N)=O. The molecule has 0 spiro atoms. The Balaban J connectivity index is 3.26. The molecule has 54 valence electrons. The van der Waals surface area contributed by atoms with Crippen molar-refractivity contribution in [1.82, 2.24) is 5.32 Å². The van der Waals surface area contributed by atoms with Crippen molar-refractivity contribution in [3.05, 3.63) is 0 Å². The van der Waals surface area contributed by atoms with Crippen molar-refractivity contribution >= 4 is 17.8 Å². The van der Waals surface area contributed by atoms with E-state index in [0.29, 0.717) is 0 Å². The van der Waals surface area contributed by atoms with Crippen LogP contribution in [0, 0.1) is 0 Å². The summed E-state index contributed by atoms with van der Waals surface area (Å²) in [6.07, 6.45) is 1.99. The number of hydrogen-bond donors (Lipinski definition) is 2. The summed E-state index contributed by atoms with van der Waals surface area (Å²) >= 11 is 1.68. The predicted molar refractivity (Wildman–Crippen MR) is 40.6 cm³/mol. The maximum absolute atomic E-state index is 10.2. The highest BCUT2D eigenvalue weighted by Crippen LogP contribution is 1.94. The lowest BCUT2D eigenvalue weighted by atomic mass is 10.4. The minimum atomic E-state index is -0.448. The van der Waals surface area contributed by atoms with Crippen LogP contribution in [-0.2, 0) is 0 Å². The number of thioether (sulfide) groups is 1. The average molecular weight is 148 g/mol. The summed E-state index contributed by atoms with van der Waals surface area (Å²) in [6, 6.07) is -0.269. The minimum Gasteiger partial charge on any atom is -0.352 e. The highest BCUT2D eigenvalue weighted by atomic mass is 32.2. The van der Waals surface area contributed by atoms with Gasteiger partial charge in [-0.15, -0.1) is 0 Å². The fraction of sp³-hybridized carbons (Fsp3) is 0.800. The molecule has 0 heterocycles. The smallest absolute Gasteiger partial charge is 0.312 e. The molecular weight excluding hydrogens is 136 g/mol. The summed E-state index contributed by atoms with van der Waals surface area (Å²) in [6.45, 7) is 1.92. The molecule has 0 aromatic carbocycles. The van der Waals surface area contributed by atoms with Gasteiger partial charge in [-0.25, -0.2) is 4.79 Å². The van der Waals surface area contributed by atoms with E-state index in [0.717, 1.165) is 5.75 Å². The summed E-state index contributed by atoms with van der Waals surface area (Å²) in [5.41, 5.74) is 4.86. The van der Waals surface area contributed by atoms with Gasteiger partial charge in [-0.2, -0.15) is 11.8 Å². The van der Waals surface area contributed by atoms with Gasteiger partial charge in [0.05, 0.1) is 0 Å². The summed E-state index contributed by atoms with van der Waals surface area (Å²) in [5, 5.41) is 2.56. The Bertz CT molecular complexity index is 97.0. The molecule has 0 radical (unpaired) electrons. The number of urea groups is 1. The average Bonchev–Trinajstić information content (AvgIpc) is 1.63. The Morgan fingerprint density at radius 3 is 2.78 bits per heavy atom. The molecule has 4 heteroatoms. The third-order valence-corrected chi connectivity index (χ3v) is 1.64. The van der Waals surface area contributed by atoms with Gasteiger partial charge < -0.3 is 11.1 Å². The first-order valence-corrected chi connectivity index (χ1v) is 4.11. The van der Waals surface area contributed by atoms with Crippen molar-refractivity contribution in [3.8, 4) is 0 Å². The van der Waals surface area contributed by atoms with Gasteiger partial charge in [0.15, 0.2) is 0 Å². The Labute approximate surface area is 59.4 Å². The third kappa shape index (κ3) is 5.49. The zero-order valence-electron chi connectivity index (χ0n) is 5.68. The molecule has 0 fully saturated rings. The lowest BCUT2D eigenvalue weighted by molar-refractivity contribution is 0.247. The van der Waals surface area contributed by atoms with Crippen molar-refractivity contribution in [2.75, 3.05) is 12.0 Å². The van der Waals surface area contributed by atoms with Crippen LogP contribution in [0.25, 0.3) is 0 Å². The standard InChI is InChI=1S/C5H12N2OS/c1-4(3-9-2)7-5(6)8/h4H,3H2,1-2H3,(H3,6,7,8)/t4-/m0/s1. The molecule has 0 bridgehead atoms. The third-order valence-electron chi connectivity index (χ3n) is 0.805. The second-order valence-electron chi connectivity index (χ2n) is 1.86. The summed E-state index contributed by atoms with van der Waals surface area (Å²) in [4.78, 5) is 10.2. The normalized spacial score (nSPS) is 12.7. The largest absolute Gasteiger partial charge is 0.352 e. The lowest BCUT2D eigenvalue weighted by Gasteiger charge is -2.08. The Morgan fingerprint density at radius 1 is 1.89 bits per heavy atom. The highest BCUT2D eigenvalue weighted by Gasteiger charge is 2.00. The number of rotatable bonds is 3. The van der Waals surface area contributed by atoms with E-state index in [1.807, 2.05) is 13.2 Å². The zero-order valence-corrected chi connectivity index (χ0v) is 6.49. The van der Waals surface area contributed by atoms with Gasteiger partial charge in [0.25, 0.3) is 0 Å². The summed E-state index contributed by atoms with van der Waals surface area (Å²) in [7, 11) is 0. The number of amides is 2. The number of nitrogens with two attached hydrogens (primary N) is 1. The zero-order chi connectivity index (χ0) is 7.28. The highest BCUT2D eigenvalue weighted by molar-refractivity contribution is 7.98. The number of hydrogen-bond acceptors (Lipinski definition) is 2. The molecule has 0 aliphatic heterocycles.